The van der Waals surface area contributed by atoms with E-state index in [-0.39, 0.29) is 31.8 Å². The Labute approximate surface area is 221 Å². The molecule has 37 heavy (non-hydrogen) atoms. The number of esters is 1. The van der Waals surface area contributed by atoms with Gasteiger partial charge in [-0.1, -0.05) is 47.5 Å². The van der Waals surface area contributed by atoms with Crippen LogP contribution in [0.25, 0.3) is 5.69 Å². The molecule has 4 rings (SSSR count). The molecular weight excluding hydrogens is 544 g/mol. The van der Waals surface area contributed by atoms with Gasteiger partial charge in [0.1, 0.15) is 18.1 Å². The third kappa shape index (κ3) is 5.41. The van der Waals surface area contributed by atoms with Gasteiger partial charge < -0.3 is 4.74 Å². The summed E-state index contributed by atoms with van der Waals surface area (Å²) in [6, 6.07) is 16.1. The number of nitrogens with zero attached hydrogens (tertiary/aromatic N) is 2. The van der Waals surface area contributed by atoms with Crippen molar-refractivity contribution in [2.45, 2.75) is 18.4 Å². The van der Waals surface area contributed by atoms with Crippen molar-refractivity contribution in [2.75, 3.05) is 4.72 Å². The van der Waals surface area contributed by atoms with Gasteiger partial charge in [-0.15, -0.1) is 0 Å². The zero-order valence-electron chi connectivity index (χ0n) is 19.5. The SMILES string of the molecule is Cc1c(NS(=O)(=O)c2cc(Cl)cc(C(=O)OCc3c(F)cccc3Cl)c2)c(=O)n(-c2ccccc2)n1C. The molecule has 0 spiro atoms. The van der Waals surface area contributed by atoms with Crippen molar-refractivity contribution in [3.63, 3.8) is 0 Å². The van der Waals surface area contributed by atoms with Crippen molar-refractivity contribution >= 4 is 44.9 Å². The predicted octanol–water partition coefficient (Wildman–Crippen LogP) is 5.09. The van der Waals surface area contributed by atoms with E-state index in [0.717, 1.165) is 12.1 Å². The number of nitrogens with one attached hydrogen (secondary N) is 1. The molecular formula is C25H20Cl2FN3O5S. The number of hydrogen-bond donors (Lipinski definition) is 1. The highest BCUT2D eigenvalue weighted by Gasteiger charge is 2.24. The standard InChI is InChI=1S/C25H20Cl2FN3O5S/c1-15-23(24(32)31(30(15)2)18-7-4-3-5-8-18)29-37(34,35)19-12-16(11-17(26)13-19)25(33)36-14-20-21(27)9-6-10-22(20)28/h3-13,29H,14H2,1-2H3. The summed E-state index contributed by atoms with van der Waals surface area (Å²) < 4.78 is 50.7. The van der Waals surface area contributed by atoms with Gasteiger partial charge in [0.15, 0.2) is 0 Å². The zero-order chi connectivity index (χ0) is 26.9. The van der Waals surface area contributed by atoms with Crippen LogP contribution in [0.5, 0.6) is 0 Å². The average Bonchev–Trinajstić information content (AvgIpc) is 3.06. The molecule has 4 aromatic rings. The van der Waals surface area contributed by atoms with Crippen LogP contribution in [0, 0.1) is 12.7 Å². The first kappa shape index (κ1) is 26.5. The van der Waals surface area contributed by atoms with E-state index in [2.05, 4.69) is 4.72 Å². The Bertz CT molecular complexity index is 1650. The number of halogens is 3. The van der Waals surface area contributed by atoms with E-state index in [4.69, 9.17) is 27.9 Å². The van der Waals surface area contributed by atoms with E-state index in [0.29, 0.717) is 11.4 Å². The summed E-state index contributed by atoms with van der Waals surface area (Å²) in [5, 5.41) is 0.0102. The third-order valence-electron chi connectivity index (χ3n) is 5.62. The first-order valence-electron chi connectivity index (χ1n) is 10.8. The molecule has 1 N–H and O–H groups in total. The van der Waals surface area contributed by atoms with Gasteiger partial charge in [-0.25, -0.2) is 22.3 Å². The first-order chi connectivity index (χ1) is 17.5. The number of rotatable bonds is 7. The molecule has 0 saturated carbocycles. The number of benzene rings is 3. The Balaban J connectivity index is 1.63. The first-order valence-corrected chi connectivity index (χ1v) is 13.0. The Morgan fingerprint density at radius 2 is 1.76 bits per heavy atom. The van der Waals surface area contributed by atoms with Gasteiger partial charge in [0, 0.05) is 17.6 Å². The fourth-order valence-corrected chi connectivity index (χ4v) is 5.31. The van der Waals surface area contributed by atoms with Gasteiger partial charge >= 0.3 is 5.97 Å². The lowest BCUT2D eigenvalue weighted by Crippen LogP contribution is -2.23. The highest BCUT2D eigenvalue weighted by molar-refractivity contribution is 7.92. The van der Waals surface area contributed by atoms with E-state index in [1.54, 1.807) is 44.3 Å². The minimum atomic E-state index is -4.35. The largest absolute Gasteiger partial charge is 0.457 e. The summed E-state index contributed by atoms with van der Waals surface area (Å²) in [6.45, 7) is 1.12. The molecule has 1 aromatic heterocycles. The van der Waals surface area contributed by atoms with Crippen LogP contribution in [-0.4, -0.2) is 23.8 Å². The molecule has 8 nitrogen and oxygen atoms in total. The summed E-state index contributed by atoms with van der Waals surface area (Å²) >= 11 is 12.0. The number of hydrogen-bond acceptors (Lipinski definition) is 5. The van der Waals surface area contributed by atoms with Gasteiger partial charge in [-0.3, -0.25) is 14.2 Å². The number of para-hydroxylation sites is 1. The lowest BCUT2D eigenvalue weighted by Gasteiger charge is -2.11. The van der Waals surface area contributed by atoms with Crippen molar-refractivity contribution in [3.8, 4) is 5.69 Å². The Morgan fingerprint density at radius 1 is 1.05 bits per heavy atom. The molecule has 0 aliphatic heterocycles. The summed E-state index contributed by atoms with van der Waals surface area (Å²) in [7, 11) is -2.73. The number of sulfonamides is 1. The van der Waals surface area contributed by atoms with E-state index in [9.17, 15) is 22.4 Å². The number of carbonyl (C=O) groups is 1. The van der Waals surface area contributed by atoms with E-state index < -0.39 is 34.0 Å². The van der Waals surface area contributed by atoms with E-state index in [1.807, 2.05) is 0 Å². The van der Waals surface area contributed by atoms with Crippen LogP contribution in [0.15, 0.2) is 76.4 Å². The maximum atomic E-state index is 14.0. The number of carbonyl (C=O) groups excluding carboxylic acids is 1. The second-order valence-corrected chi connectivity index (χ2v) is 10.5. The molecule has 12 heteroatoms. The van der Waals surface area contributed by atoms with Gasteiger partial charge in [-0.05, 0) is 49.4 Å². The number of ether oxygens (including phenoxy) is 1. The van der Waals surface area contributed by atoms with Crippen LogP contribution in [0.4, 0.5) is 10.1 Å². The van der Waals surface area contributed by atoms with Crippen LogP contribution < -0.4 is 10.3 Å². The predicted molar refractivity (Wildman–Crippen MR) is 139 cm³/mol. The van der Waals surface area contributed by atoms with Crippen LogP contribution in [-0.2, 0) is 28.4 Å². The van der Waals surface area contributed by atoms with E-state index in [1.165, 1.54) is 33.6 Å². The molecule has 0 fully saturated rings. The zero-order valence-corrected chi connectivity index (χ0v) is 21.9. The average molecular weight is 564 g/mol. The molecule has 1 heterocycles. The number of aromatic nitrogens is 2. The third-order valence-corrected chi connectivity index (χ3v) is 7.52. The monoisotopic (exact) mass is 563 g/mol. The minimum absolute atomic E-state index is 0.0247. The lowest BCUT2D eigenvalue weighted by atomic mass is 10.2. The van der Waals surface area contributed by atoms with Crippen molar-refractivity contribution < 1.29 is 22.3 Å². The maximum Gasteiger partial charge on any atom is 0.338 e. The van der Waals surface area contributed by atoms with Crippen LogP contribution >= 0.6 is 23.2 Å². The summed E-state index contributed by atoms with van der Waals surface area (Å²) in [5.41, 5.74) is -0.0508. The Hall–Kier alpha value is -3.60. The summed E-state index contributed by atoms with van der Waals surface area (Å²) in [6.07, 6.45) is 0. The molecule has 192 valence electrons. The van der Waals surface area contributed by atoms with Gasteiger partial charge in [0.25, 0.3) is 15.6 Å². The molecule has 0 unspecified atom stereocenters. The number of anilines is 1. The van der Waals surface area contributed by atoms with Crippen molar-refractivity contribution in [2.24, 2.45) is 7.05 Å². The minimum Gasteiger partial charge on any atom is -0.457 e. The fourth-order valence-electron chi connectivity index (χ4n) is 3.61. The molecule has 0 atom stereocenters. The van der Waals surface area contributed by atoms with Gasteiger partial charge in [-0.2, -0.15) is 0 Å². The molecule has 0 radical (unpaired) electrons. The van der Waals surface area contributed by atoms with E-state index >= 15 is 0 Å². The highest BCUT2D eigenvalue weighted by atomic mass is 35.5. The van der Waals surface area contributed by atoms with Gasteiger partial charge in [0.05, 0.1) is 26.9 Å². The second kappa shape index (κ2) is 10.4. The summed E-state index contributed by atoms with van der Waals surface area (Å²) in [4.78, 5) is 25.4. The van der Waals surface area contributed by atoms with Crippen LogP contribution in [0.3, 0.4) is 0 Å². The van der Waals surface area contributed by atoms with Crippen LogP contribution in [0.2, 0.25) is 10.0 Å². The molecule has 3 aromatic carbocycles. The van der Waals surface area contributed by atoms with Gasteiger partial charge in [0.2, 0.25) is 0 Å². The molecule has 0 amide bonds. The topological polar surface area (TPSA) is 99.4 Å². The second-order valence-electron chi connectivity index (χ2n) is 7.99. The van der Waals surface area contributed by atoms with Crippen molar-refractivity contribution in [1.29, 1.82) is 0 Å². The normalized spacial score (nSPS) is 11.4. The highest BCUT2D eigenvalue weighted by Crippen LogP contribution is 2.25. The smallest absolute Gasteiger partial charge is 0.338 e. The summed E-state index contributed by atoms with van der Waals surface area (Å²) in [5.74, 6) is -1.60. The fraction of sp³-hybridized carbons (Fsp3) is 0.120. The Morgan fingerprint density at radius 3 is 2.43 bits per heavy atom. The van der Waals surface area contributed by atoms with Crippen molar-refractivity contribution in [3.05, 3.63) is 110 Å². The Kier molecular flexibility index (Phi) is 7.44. The lowest BCUT2D eigenvalue weighted by molar-refractivity contribution is 0.0469. The molecule has 0 aliphatic rings. The van der Waals surface area contributed by atoms with Crippen molar-refractivity contribution in [1.82, 2.24) is 9.36 Å². The molecule has 0 aliphatic carbocycles. The molecule has 0 bridgehead atoms. The van der Waals surface area contributed by atoms with Crippen LogP contribution in [0.1, 0.15) is 21.6 Å². The quantitative estimate of drug-likeness (QED) is 0.316. The maximum absolute atomic E-state index is 14.0. The molecule has 0 saturated heterocycles.